The average molecular weight is 179 g/mol. The van der Waals surface area contributed by atoms with Crippen LogP contribution in [-0.4, -0.2) is 12.5 Å². The number of hydrogen-bond acceptors (Lipinski definition) is 2. The molecule has 0 aromatic carbocycles. The molecule has 4 heteroatoms. The molecule has 0 radical (unpaired) electrons. The summed E-state index contributed by atoms with van der Waals surface area (Å²) in [5.74, 6) is -0.503. The first-order chi connectivity index (χ1) is 4.74. The van der Waals surface area contributed by atoms with Crippen LogP contribution in [0, 0.1) is 0 Å². The molecule has 10 heavy (non-hydrogen) atoms. The molecule has 0 fully saturated rings. The summed E-state index contributed by atoms with van der Waals surface area (Å²) < 4.78 is 12.2. The van der Waals surface area contributed by atoms with Gasteiger partial charge in [-0.2, -0.15) is 0 Å². The van der Waals surface area contributed by atoms with Gasteiger partial charge in [-0.1, -0.05) is 11.6 Å². The van der Waals surface area contributed by atoms with Crippen molar-refractivity contribution in [2.45, 2.75) is 0 Å². The Morgan fingerprint density at radius 1 is 1.70 bits per heavy atom. The second kappa shape index (κ2) is 3.12. The minimum atomic E-state index is -0.948. The number of alkyl halides is 1. The summed E-state index contributed by atoms with van der Waals surface area (Å²) in [6, 6.07) is 3.10. The van der Waals surface area contributed by atoms with E-state index in [0.717, 1.165) is 11.3 Å². The van der Waals surface area contributed by atoms with Gasteiger partial charge < -0.3 is 0 Å². The highest BCUT2D eigenvalue weighted by molar-refractivity contribution is 7.18. The number of halogens is 2. The standard InChI is InChI=1S/C6H4ClFOS/c7-6-2-1-5(10-6)4(9)3-8/h1-2H,3H2. The van der Waals surface area contributed by atoms with E-state index in [-0.39, 0.29) is 0 Å². The summed E-state index contributed by atoms with van der Waals surface area (Å²) in [5.41, 5.74) is 0. The first-order valence-electron chi connectivity index (χ1n) is 2.58. The van der Waals surface area contributed by atoms with Gasteiger partial charge in [0.05, 0.1) is 9.21 Å². The number of carbonyl (C=O) groups is 1. The number of thiophene rings is 1. The van der Waals surface area contributed by atoms with Gasteiger partial charge in [0.1, 0.15) is 0 Å². The summed E-state index contributed by atoms with van der Waals surface area (Å²) in [5, 5.41) is 0. The van der Waals surface area contributed by atoms with E-state index in [4.69, 9.17) is 11.6 Å². The lowest BCUT2D eigenvalue weighted by atomic mass is 10.3. The first-order valence-corrected chi connectivity index (χ1v) is 3.78. The van der Waals surface area contributed by atoms with Crippen LogP contribution in [0.1, 0.15) is 9.67 Å². The predicted molar refractivity (Wildman–Crippen MR) is 39.6 cm³/mol. The molecule has 0 atom stereocenters. The Kier molecular flexibility index (Phi) is 2.40. The molecule has 1 rings (SSSR count). The Morgan fingerprint density at radius 3 is 2.80 bits per heavy atom. The molecule has 0 saturated carbocycles. The van der Waals surface area contributed by atoms with Crippen molar-refractivity contribution in [3.8, 4) is 0 Å². The number of ketones is 1. The Hall–Kier alpha value is -0.410. The summed E-state index contributed by atoms with van der Waals surface area (Å²) >= 11 is 6.60. The van der Waals surface area contributed by atoms with Gasteiger partial charge in [-0.15, -0.1) is 11.3 Å². The van der Waals surface area contributed by atoms with Gasteiger partial charge in [0.2, 0.25) is 5.78 Å². The third kappa shape index (κ3) is 1.55. The number of rotatable bonds is 2. The van der Waals surface area contributed by atoms with E-state index in [1.807, 2.05) is 0 Å². The third-order valence-corrected chi connectivity index (χ3v) is 2.24. The number of Topliss-reactive ketones (excluding diaryl/α,β-unsaturated/α-hetero) is 1. The van der Waals surface area contributed by atoms with Gasteiger partial charge in [0.15, 0.2) is 6.67 Å². The van der Waals surface area contributed by atoms with Crippen molar-refractivity contribution in [1.82, 2.24) is 0 Å². The zero-order valence-electron chi connectivity index (χ0n) is 4.93. The fourth-order valence-electron chi connectivity index (χ4n) is 0.530. The summed E-state index contributed by atoms with van der Waals surface area (Å²) in [6.07, 6.45) is 0. The highest BCUT2D eigenvalue weighted by Crippen LogP contribution is 2.21. The van der Waals surface area contributed by atoms with Crippen molar-refractivity contribution in [2.75, 3.05) is 6.67 Å². The smallest absolute Gasteiger partial charge is 0.203 e. The lowest BCUT2D eigenvalue weighted by molar-refractivity contribution is 0.0962. The van der Waals surface area contributed by atoms with Gasteiger partial charge in [-0.25, -0.2) is 4.39 Å². The fourth-order valence-corrected chi connectivity index (χ4v) is 1.49. The molecule has 0 aliphatic heterocycles. The SMILES string of the molecule is O=C(CF)c1ccc(Cl)s1. The normalized spacial score (nSPS) is 9.80. The monoisotopic (exact) mass is 178 g/mol. The fraction of sp³-hybridized carbons (Fsp3) is 0.167. The van der Waals surface area contributed by atoms with Crippen LogP contribution >= 0.6 is 22.9 Å². The van der Waals surface area contributed by atoms with Crippen molar-refractivity contribution >= 4 is 28.7 Å². The molecule has 0 unspecified atom stereocenters. The molecule has 0 saturated heterocycles. The first kappa shape index (κ1) is 7.69. The zero-order chi connectivity index (χ0) is 7.56. The Bertz CT molecular complexity index is 246. The zero-order valence-corrected chi connectivity index (χ0v) is 6.51. The van der Waals surface area contributed by atoms with Crippen molar-refractivity contribution in [3.05, 3.63) is 21.3 Å². The quantitative estimate of drug-likeness (QED) is 0.637. The largest absolute Gasteiger partial charge is 0.290 e. The molecule has 0 aliphatic rings. The minimum Gasteiger partial charge on any atom is -0.290 e. The molecule has 0 bridgehead atoms. The average Bonchev–Trinajstić information content (AvgIpc) is 2.34. The molecular formula is C6H4ClFOS. The van der Waals surface area contributed by atoms with E-state index in [0.29, 0.717) is 9.21 Å². The highest BCUT2D eigenvalue weighted by Gasteiger charge is 2.06. The molecule has 0 amide bonds. The lowest BCUT2D eigenvalue weighted by Crippen LogP contribution is -1.96. The lowest BCUT2D eigenvalue weighted by Gasteiger charge is -1.84. The molecule has 1 nitrogen and oxygen atoms in total. The molecule has 54 valence electrons. The number of hydrogen-bond donors (Lipinski definition) is 0. The van der Waals surface area contributed by atoms with Gasteiger partial charge in [0.25, 0.3) is 0 Å². The third-order valence-electron chi connectivity index (χ3n) is 0.969. The van der Waals surface area contributed by atoms with Crippen LogP contribution in [0.15, 0.2) is 12.1 Å². The van der Waals surface area contributed by atoms with Crippen LogP contribution in [-0.2, 0) is 0 Å². The van der Waals surface area contributed by atoms with Crippen molar-refractivity contribution in [2.24, 2.45) is 0 Å². The van der Waals surface area contributed by atoms with Crippen molar-refractivity contribution in [1.29, 1.82) is 0 Å². The summed E-state index contributed by atoms with van der Waals surface area (Å²) in [6.45, 7) is -0.948. The van der Waals surface area contributed by atoms with Crippen LogP contribution in [0.4, 0.5) is 4.39 Å². The Labute approximate surface area is 66.4 Å². The summed E-state index contributed by atoms with van der Waals surface area (Å²) in [7, 11) is 0. The molecule has 1 aromatic rings. The van der Waals surface area contributed by atoms with Crippen LogP contribution in [0.3, 0.4) is 0 Å². The molecule has 1 heterocycles. The highest BCUT2D eigenvalue weighted by atomic mass is 35.5. The van der Waals surface area contributed by atoms with Crippen LogP contribution in [0.2, 0.25) is 4.34 Å². The second-order valence-corrected chi connectivity index (χ2v) is 3.38. The maximum atomic E-state index is 11.7. The van der Waals surface area contributed by atoms with Gasteiger partial charge in [-0.05, 0) is 12.1 Å². The molecular weight excluding hydrogens is 175 g/mol. The second-order valence-electron chi connectivity index (χ2n) is 1.66. The van der Waals surface area contributed by atoms with E-state index in [1.54, 1.807) is 6.07 Å². The Balaban J connectivity index is 2.85. The topological polar surface area (TPSA) is 17.1 Å². The molecule has 0 aliphatic carbocycles. The van der Waals surface area contributed by atoms with Crippen LogP contribution in [0.25, 0.3) is 0 Å². The predicted octanol–water partition coefficient (Wildman–Crippen LogP) is 2.55. The van der Waals surface area contributed by atoms with Gasteiger partial charge >= 0.3 is 0 Å². The van der Waals surface area contributed by atoms with E-state index in [2.05, 4.69) is 0 Å². The van der Waals surface area contributed by atoms with Crippen LogP contribution < -0.4 is 0 Å². The number of carbonyl (C=O) groups excluding carboxylic acids is 1. The molecule has 1 aromatic heterocycles. The van der Waals surface area contributed by atoms with E-state index >= 15 is 0 Å². The van der Waals surface area contributed by atoms with Gasteiger partial charge in [-0.3, -0.25) is 4.79 Å². The van der Waals surface area contributed by atoms with Crippen molar-refractivity contribution < 1.29 is 9.18 Å². The minimum absolute atomic E-state index is 0.382. The maximum Gasteiger partial charge on any atom is 0.203 e. The van der Waals surface area contributed by atoms with Crippen molar-refractivity contribution in [3.63, 3.8) is 0 Å². The van der Waals surface area contributed by atoms with E-state index < -0.39 is 12.5 Å². The van der Waals surface area contributed by atoms with Crippen LogP contribution in [0.5, 0.6) is 0 Å². The van der Waals surface area contributed by atoms with E-state index in [9.17, 15) is 9.18 Å². The van der Waals surface area contributed by atoms with Gasteiger partial charge in [0, 0.05) is 0 Å². The van der Waals surface area contributed by atoms with E-state index in [1.165, 1.54) is 6.07 Å². The Morgan fingerprint density at radius 2 is 2.40 bits per heavy atom. The maximum absolute atomic E-state index is 11.7. The molecule has 0 N–H and O–H groups in total. The molecule has 0 spiro atoms. The summed E-state index contributed by atoms with van der Waals surface area (Å²) in [4.78, 5) is 11.0.